The molecule has 0 N–H and O–H groups in total. The Kier molecular flexibility index (Phi) is 3.69. The number of aromatic nitrogens is 2. The topological polar surface area (TPSA) is 8.81 Å². The molecular formula is C27H22N2S. The van der Waals surface area contributed by atoms with E-state index in [9.17, 15) is 0 Å². The number of hydrogen-bond donors (Lipinski definition) is 0. The van der Waals surface area contributed by atoms with Crippen LogP contribution in [-0.4, -0.2) is 4.57 Å². The molecule has 0 atom stereocenters. The van der Waals surface area contributed by atoms with Crippen molar-refractivity contribution in [2.24, 2.45) is 0 Å². The molecule has 0 fully saturated rings. The molecule has 0 amide bonds. The summed E-state index contributed by atoms with van der Waals surface area (Å²) in [5.74, 6) is 0. The van der Waals surface area contributed by atoms with Gasteiger partial charge in [0.05, 0.1) is 22.4 Å². The summed E-state index contributed by atoms with van der Waals surface area (Å²) in [6.45, 7) is 6.75. The van der Waals surface area contributed by atoms with E-state index in [1.807, 2.05) is 11.8 Å². The Hall–Kier alpha value is -3.04. The number of nitrogens with zero attached hydrogens (tertiary/aromatic N) is 2. The molecule has 0 unspecified atom stereocenters. The fraction of sp³-hybridized carbons (Fsp3) is 0.148. The van der Waals surface area contributed by atoms with Crippen molar-refractivity contribution in [2.45, 2.75) is 36.0 Å². The first-order chi connectivity index (χ1) is 14.5. The van der Waals surface area contributed by atoms with Crippen LogP contribution in [-0.2, 0) is 5.41 Å². The zero-order valence-corrected chi connectivity index (χ0v) is 18.1. The Labute approximate surface area is 180 Å². The van der Waals surface area contributed by atoms with Crippen molar-refractivity contribution in [1.82, 2.24) is 4.57 Å². The Bertz CT molecular complexity index is 1440. The number of fused-ring (bicyclic) bond motifs is 4. The Morgan fingerprint density at radius 1 is 0.833 bits per heavy atom. The Morgan fingerprint density at radius 2 is 1.63 bits per heavy atom. The molecular weight excluding hydrogens is 384 g/mol. The van der Waals surface area contributed by atoms with Crippen LogP contribution in [0.25, 0.3) is 33.2 Å². The Balaban J connectivity index is 1.60. The van der Waals surface area contributed by atoms with Crippen molar-refractivity contribution in [3.63, 3.8) is 0 Å². The van der Waals surface area contributed by atoms with Gasteiger partial charge in [-0.15, -0.1) is 0 Å². The van der Waals surface area contributed by atoms with Crippen molar-refractivity contribution in [3.8, 4) is 11.4 Å². The normalized spacial score (nSPS) is 13.0. The minimum atomic E-state index is 0.146. The minimum Gasteiger partial charge on any atom is -0.292 e. The van der Waals surface area contributed by atoms with Crippen LogP contribution in [0.3, 0.4) is 0 Å². The van der Waals surface area contributed by atoms with E-state index in [4.69, 9.17) is 0 Å². The fourth-order valence-corrected chi connectivity index (χ4v) is 5.53. The first-order valence-corrected chi connectivity index (χ1v) is 11.1. The second-order valence-electron chi connectivity index (χ2n) is 8.93. The highest BCUT2D eigenvalue weighted by atomic mass is 32.2. The maximum absolute atomic E-state index is 3.65. The molecule has 5 aromatic rings. The standard InChI is InChI=1S/C27H22N2S/c1-27(2,3)19-12-14-20(15-13-19)28-17-29-23-16-11-18-7-4-5-8-21(18)26(23)30-24-10-6-9-22(28)25(24)29/h4-16H,1-3H3. The molecule has 1 aliphatic rings. The second-order valence-corrected chi connectivity index (χ2v) is 9.98. The summed E-state index contributed by atoms with van der Waals surface area (Å²) in [4.78, 5) is 2.58. The Morgan fingerprint density at radius 3 is 2.43 bits per heavy atom. The summed E-state index contributed by atoms with van der Waals surface area (Å²) in [6.07, 6.45) is 3.65. The number of rotatable bonds is 1. The summed E-state index contributed by atoms with van der Waals surface area (Å²) in [5.41, 5.74) is 6.24. The van der Waals surface area contributed by atoms with Crippen LogP contribution in [0, 0.1) is 6.33 Å². The largest absolute Gasteiger partial charge is 0.292 e. The van der Waals surface area contributed by atoms with Crippen LogP contribution >= 0.6 is 11.8 Å². The van der Waals surface area contributed by atoms with Crippen LogP contribution in [0.5, 0.6) is 0 Å². The van der Waals surface area contributed by atoms with Gasteiger partial charge in [-0.3, -0.25) is 9.13 Å². The van der Waals surface area contributed by atoms with Crippen molar-refractivity contribution >= 4 is 33.6 Å². The molecule has 146 valence electrons. The van der Waals surface area contributed by atoms with E-state index in [0.29, 0.717) is 0 Å². The highest BCUT2D eigenvalue weighted by Gasteiger charge is 2.24. The second kappa shape index (κ2) is 6.23. The molecule has 6 rings (SSSR count). The predicted molar refractivity (Wildman–Crippen MR) is 124 cm³/mol. The molecule has 1 aromatic heterocycles. The number of hydrogen-bond acceptors (Lipinski definition) is 1. The van der Waals surface area contributed by atoms with Crippen LogP contribution in [0.2, 0.25) is 0 Å². The zero-order valence-electron chi connectivity index (χ0n) is 17.3. The van der Waals surface area contributed by atoms with Gasteiger partial charge in [-0.05, 0) is 39.9 Å². The van der Waals surface area contributed by atoms with Gasteiger partial charge in [0.15, 0.2) is 0 Å². The average Bonchev–Trinajstić information content (AvgIpc) is 3.15. The lowest BCUT2D eigenvalue weighted by molar-refractivity contribution is -0.576. The van der Waals surface area contributed by atoms with Crippen molar-refractivity contribution in [1.29, 1.82) is 0 Å². The highest BCUT2D eigenvalue weighted by molar-refractivity contribution is 8.00. The number of para-hydroxylation sites is 1. The van der Waals surface area contributed by atoms with E-state index in [1.165, 1.54) is 42.8 Å². The lowest BCUT2D eigenvalue weighted by atomic mass is 9.87. The highest BCUT2D eigenvalue weighted by Crippen LogP contribution is 2.42. The first kappa shape index (κ1) is 17.8. The maximum atomic E-state index is 3.65. The summed E-state index contributed by atoms with van der Waals surface area (Å²) in [7, 11) is 0. The first-order valence-electron chi connectivity index (χ1n) is 10.3. The molecule has 2 nitrogen and oxygen atoms in total. The monoisotopic (exact) mass is 406 g/mol. The molecule has 0 saturated heterocycles. The molecule has 1 aliphatic heterocycles. The van der Waals surface area contributed by atoms with Crippen molar-refractivity contribution in [3.05, 3.63) is 90.8 Å². The van der Waals surface area contributed by atoms with Crippen LogP contribution in [0.15, 0.2) is 88.7 Å². The predicted octanol–water partition coefficient (Wildman–Crippen LogP) is 6.62. The molecule has 4 aromatic carbocycles. The third-order valence-corrected chi connectivity index (χ3v) is 7.13. The van der Waals surface area contributed by atoms with E-state index in [1.54, 1.807) is 0 Å². The summed E-state index contributed by atoms with van der Waals surface area (Å²) in [5, 5.41) is 2.57. The molecule has 2 heterocycles. The van der Waals surface area contributed by atoms with Crippen LogP contribution < -0.4 is 4.57 Å². The van der Waals surface area contributed by atoms with E-state index in [2.05, 4.69) is 115 Å². The van der Waals surface area contributed by atoms with E-state index in [-0.39, 0.29) is 5.41 Å². The van der Waals surface area contributed by atoms with Crippen molar-refractivity contribution in [2.75, 3.05) is 0 Å². The average molecular weight is 407 g/mol. The third-order valence-electron chi connectivity index (χ3n) is 5.95. The van der Waals surface area contributed by atoms with Gasteiger partial charge < -0.3 is 0 Å². The molecule has 0 saturated carbocycles. The molecule has 3 heteroatoms. The van der Waals surface area contributed by atoms with Crippen LogP contribution in [0.1, 0.15) is 26.3 Å². The van der Waals surface area contributed by atoms with Gasteiger partial charge in [-0.1, -0.05) is 93.2 Å². The number of benzene rings is 4. The van der Waals surface area contributed by atoms with Gasteiger partial charge >= 0.3 is 0 Å². The smallest absolute Gasteiger partial charge is 0.269 e. The molecule has 0 radical (unpaired) electrons. The molecule has 30 heavy (non-hydrogen) atoms. The van der Waals surface area contributed by atoms with E-state index < -0.39 is 0 Å². The van der Waals surface area contributed by atoms with Gasteiger partial charge in [-0.25, -0.2) is 0 Å². The number of imidazole rings is 1. The van der Waals surface area contributed by atoms with Gasteiger partial charge in [0.25, 0.3) is 6.33 Å². The molecule has 0 aliphatic carbocycles. The SMILES string of the molecule is CC(C)(C)c1ccc(-n2[c-][n+]3c4c(cccc42)Sc2c-3ccc3ccccc23)cc1. The quantitative estimate of drug-likeness (QED) is 0.220. The lowest BCUT2D eigenvalue weighted by Gasteiger charge is -2.19. The maximum Gasteiger partial charge on any atom is 0.269 e. The lowest BCUT2D eigenvalue weighted by Crippen LogP contribution is -2.32. The molecule has 0 bridgehead atoms. The van der Waals surface area contributed by atoms with Gasteiger partial charge in [-0.2, -0.15) is 0 Å². The zero-order chi connectivity index (χ0) is 20.5. The summed E-state index contributed by atoms with van der Waals surface area (Å²) in [6, 6.07) is 28.5. The van der Waals surface area contributed by atoms with Gasteiger partial charge in [0.1, 0.15) is 0 Å². The third kappa shape index (κ3) is 2.55. The van der Waals surface area contributed by atoms with E-state index in [0.717, 1.165) is 5.69 Å². The van der Waals surface area contributed by atoms with E-state index >= 15 is 0 Å². The molecule has 0 spiro atoms. The minimum absolute atomic E-state index is 0.146. The summed E-state index contributed by atoms with van der Waals surface area (Å²) >= 11 is 1.86. The van der Waals surface area contributed by atoms with Crippen LogP contribution in [0.4, 0.5) is 0 Å². The van der Waals surface area contributed by atoms with Gasteiger partial charge in [0, 0.05) is 9.79 Å². The van der Waals surface area contributed by atoms with Crippen molar-refractivity contribution < 1.29 is 4.57 Å². The fourth-order valence-electron chi connectivity index (χ4n) is 4.31. The summed E-state index contributed by atoms with van der Waals surface area (Å²) < 4.78 is 4.43. The van der Waals surface area contributed by atoms with Gasteiger partial charge in [0.2, 0.25) is 0 Å².